The monoisotopic (exact) mass is 397 g/mol. The number of nitrogens with one attached hydrogen (secondary N) is 2. The van der Waals surface area contributed by atoms with E-state index in [0.29, 0.717) is 36.5 Å². The van der Waals surface area contributed by atoms with E-state index in [0.717, 1.165) is 17.7 Å². The van der Waals surface area contributed by atoms with Crippen LogP contribution in [0.2, 0.25) is 5.02 Å². The molecule has 2 amide bonds. The smallest absolute Gasteiger partial charge is 0.256 e. The third-order valence-corrected chi connectivity index (χ3v) is 6.12. The predicted octanol–water partition coefficient (Wildman–Crippen LogP) is 4.01. The number of hydrogen-bond donors (Lipinski definition) is 2. The van der Waals surface area contributed by atoms with Gasteiger partial charge in [-0.05, 0) is 24.1 Å². The van der Waals surface area contributed by atoms with Crippen molar-refractivity contribution in [1.29, 1.82) is 0 Å². The zero-order chi connectivity index (χ0) is 19.7. The van der Waals surface area contributed by atoms with Crippen molar-refractivity contribution in [3.63, 3.8) is 0 Å². The van der Waals surface area contributed by atoms with Crippen molar-refractivity contribution in [2.24, 2.45) is 0 Å². The number of carbonyl (C=O) groups is 2. The van der Waals surface area contributed by atoms with E-state index in [1.54, 1.807) is 6.07 Å². The van der Waals surface area contributed by atoms with Crippen molar-refractivity contribution < 1.29 is 9.59 Å². The first-order valence-corrected chi connectivity index (χ1v) is 10.1. The Morgan fingerprint density at radius 2 is 1.82 bits per heavy atom. The molecule has 1 spiro atoms. The Bertz CT molecular complexity index is 892. The Morgan fingerprint density at radius 3 is 2.50 bits per heavy atom. The molecule has 2 aliphatic heterocycles. The molecule has 146 valence electrons. The van der Waals surface area contributed by atoms with E-state index in [1.807, 2.05) is 54.3 Å². The Morgan fingerprint density at radius 1 is 1.11 bits per heavy atom. The van der Waals surface area contributed by atoms with Gasteiger partial charge >= 0.3 is 0 Å². The van der Waals surface area contributed by atoms with Crippen LogP contribution in [0.15, 0.2) is 48.5 Å². The molecular weight excluding hydrogens is 374 g/mol. The van der Waals surface area contributed by atoms with Crippen molar-refractivity contribution in [2.45, 2.75) is 37.8 Å². The van der Waals surface area contributed by atoms with Crippen molar-refractivity contribution in [3.05, 3.63) is 64.7 Å². The van der Waals surface area contributed by atoms with Crippen LogP contribution in [0.25, 0.3) is 0 Å². The third-order valence-electron chi connectivity index (χ3n) is 5.80. The molecule has 0 saturated carbocycles. The lowest BCUT2D eigenvalue weighted by atomic mass is 9.90. The predicted molar refractivity (Wildman–Crippen MR) is 111 cm³/mol. The molecule has 1 fully saturated rings. The van der Waals surface area contributed by atoms with E-state index >= 15 is 0 Å². The summed E-state index contributed by atoms with van der Waals surface area (Å²) in [5.41, 5.74) is 1.78. The SMILES string of the molecule is CC[C@@H](C(=O)N1CCC2(CC1)NC(=O)c1c(Cl)cccc1N2)c1ccccc1. The summed E-state index contributed by atoms with van der Waals surface area (Å²) in [6.45, 7) is 3.25. The Labute approximate surface area is 170 Å². The van der Waals surface area contributed by atoms with Gasteiger partial charge in [0.05, 0.1) is 22.2 Å². The van der Waals surface area contributed by atoms with Crippen molar-refractivity contribution in [2.75, 3.05) is 18.4 Å². The molecule has 1 saturated heterocycles. The second-order valence-corrected chi connectivity index (χ2v) is 7.93. The Kier molecular flexibility index (Phi) is 5.02. The summed E-state index contributed by atoms with van der Waals surface area (Å²) in [4.78, 5) is 27.7. The van der Waals surface area contributed by atoms with Crippen LogP contribution >= 0.6 is 11.6 Å². The molecule has 0 aliphatic carbocycles. The molecular formula is C22H24ClN3O2. The fraction of sp³-hybridized carbons (Fsp3) is 0.364. The normalized spacial score (nSPS) is 18.8. The number of benzene rings is 2. The molecule has 28 heavy (non-hydrogen) atoms. The van der Waals surface area contributed by atoms with Crippen LogP contribution in [0, 0.1) is 0 Å². The van der Waals surface area contributed by atoms with E-state index in [-0.39, 0.29) is 17.7 Å². The van der Waals surface area contributed by atoms with Gasteiger partial charge in [0, 0.05) is 25.9 Å². The summed E-state index contributed by atoms with van der Waals surface area (Å²) in [7, 11) is 0. The highest BCUT2D eigenvalue weighted by Crippen LogP contribution is 2.35. The van der Waals surface area contributed by atoms with Crippen LogP contribution in [0.5, 0.6) is 0 Å². The minimum absolute atomic E-state index is 0.122. The molecule has 5 nitrogen and oxygen atoms in total. The first-order chi connectivity index (χ1) is 13.5. The van der Waals surface area contributed by atoms with Crippen LogP contribution in [-0.2, 0) is 4.79 Å². The Balaban J connectivity index is 1.47. The fourth-order valence-corrected chi connectivity index (χ4v) is 4.51. The van der Waals surface area contributed by atoms with Gasteiger partial charge in [0.25, 0.3) is 5.91 Å². The molecule has 2 heterocycles. The molecule has 6 heteroatoms. The second kappa shape index (κ2) is 7.47. The lowest BCUT2D eigenvalue weighted by molar-refractivity contribution is -0.134. The molecule has 1 atom stereocenters. The number of halogens is 1. The standard InChI is InChI=1S/C22H24ClN3O2/c1-2-16(15-7-4-3-5-8-15)21(28)26-13-11-22(12-14-26)24-18-10-6-9-17(23)19(18)20(27)25-22/h3-10,16,24H,2,11-14H2,1H3,(H,25,27)/t16-/m1/s1. The lowest BCUT2D eigenvalue weighted by Gasteiger charge is -2.46. The molecule has 0 aromatic heterocycles. The molecule has 0 unspecified atom stereocenters. The highest BCUT2D eigenvalue weighted by atomic mass is 35.5. The number of rotatable bonds is 3. The van der Waals surface area contributed by atoms with E-state index in [4.69, 9.17) is 11.6 Å². The summed E-state index contributed by atoms with van der Waals surface area (Å²) < 4.78 is 0. The van der Waals surface area contributed by atoms with E-state index in [9.17, 15) is 9.59 Å². The molecule has 0 radical (unpaired) electrons. The fourth-order valence-electron chi connectivity index (χ4n) is 4.25. The maximum absolute atomic E-state index is 13.1. The van der Waals surface area contributed by atoms with Gasteiger partial charge in [0.1, 0.15) is 5.66 Å². The highest BCUT2D eigenvalue weighted by molar-refractivity contribution is 6.34. The van der Waals surface area contributed by atoms with Gasteiger partial charge in [0.15, 0.2) is 0 Å². The van der Waals surface area contributed by atoms with Gasteiger partial charge < -0.3 is 15.5 Å². The summed E-state index contributed by atoms with van der Waals surface area (Å²) in [5.74, 6) is -0.118. The van der Waals surface area contributed by atoms with Gasteiger partial charge in [-0.3, -0.25) is 9.59 Å². The van der Waals surface area contributed by atoms with E-state index in [1.165, 1.54) is 0 Å². The van der Waals surface area contributed by atoms with Gasteiger partial charge in [-0.25, -0.2) is 0 Å². The van der Waals surface area contributed by atoms with E-state index in [2.05, 4.69) is 10.6 Å². The van der Waals surface area contributed by atoms with Crippen molar-refractivity contribution in [3.8, 4) is 0 Å². The molecule has 4 rings (SSSR count). The van der Waals surface area contributed by atoms with Crippen LogP contribution in [0.4, 0.5) is 5.69 Å². The number of fused-ring (bicyclic) bond motifs is 1. The molecule has 2 aromatic rings. The minimum Gasteiger partial charge on any atom is -0.362 e. The first kappa shape index (κ1) is 18.8. The van der Waals surface area contributed by atoms with Crippen LogP contribution < -0.4 is 10.6 Å². The van der Waals surface area contributed by atoms with E-state index < -0.39 is 5.66 Å². The van der Waals surface area contributed by atoms with Gasteiger partial charge in [-0.15, -0.1) is 0 Å². The zero-order valence-corrected chi connectivity index (χ0v) is 16.6. The minimum atomic E-state index is -0.528. The van der Waals surface area contributed by atoms with Crippen LogP contribution in [0.3, 0.4) is 0 Å². The number of carbonyl (C=O) groups excluding carboxylic acids is 2. The average Bonchev–Trinajstić information content (AvgIpc) is 2.69. The summed E-state index contributed by atoms with van der Waals surface area (Å²) in [6, 6.07) is 15.4. The largest absolute Gasteiger partial charge is 0.362 e. The number of piperidine rings is 1. The molecule has 2 N–H and O–H groups in total. The quantitative estimate of drug-likeness (QED) is 0.822. The van der Waals surface area contributed by atoms with Gasteiger partial charge in [-0.1, -0.05) is 54.9 Å². The lowest BCUT2D eigenvalue weighted by Crippen LogP contribution is -2.63. The zero-order valence-electron chi connectivity index (χ0n) is 15.9. The number of likely N-dealkylation sites (tertiary alicyclic amines) is 1. The average molecular weight is 398 g/mol. The summed E-state index contributed by atoms with van der Waals surface area (Å²) in [6.07, 6.45) is 2.08. The van der Waals surface area contributed by atoms with Gasteiger partial charge in [-0.2, -0.15) is 0 Å². The maximum atomic E-state index is 13.1. The number of nitrogens with zero attached hydrogens (tertiary/aromatic N) is 1. The topological polar surface area (TPSA) is 61.4 Å². The van der Waals surface area contributed by atoms with Gasteiger partial charge in [0.2, 0.25) is 5.91 Å². The van der Waals surface area contributed by atoms with Crippen molar-refractivity contribution >= 4 is 29.1 Å². The maximum Gasteiger partial charge on any atom is 0.256 e. The summed E-state index contributed by atoms with van der Waals surface area (Å²) >= 11 is 6.18. The van der Waals surface area contributed by atoms with Crippen molar-refractivity contribution in [1.82, 2.24) is 10.2 Å². The molecule has 2 aromatic carbocycles. The van der Waals surface area contributed by atoms with Crippen LogP contribution in [-0.4, -0.2) is 35.5 Å². The molecule has 2 aliphatic rings. The highest BCUT2D eigenvalue weighted by Gasteiger charge is 2.42. The third kappa shape index (κ3) is 3.35. The Hall–Kier alpha value is -2.53. The number of hydrogen-bond acceptors (Lipinski definition) is 3. The number of amides is 2. The molecule has 0 bridgehead atoms. The second-order valence-electron chi connectivity index (χ2n) is 7.52. The van der Waals surface area contributed by atoms with Crippen LogP contribution in [0.1, 0.15) is 48.0 Å². The first-order valence-electron chi connectivity index (χ1n) is 9.76. The summed E-state index contributed by atoms with van der Waals surface area (Å²) in [5, 5.41) is 7.00. The number of anilines is 1.